The molecule has 41 heavy (non-hydrogen) atoms. The predicted molar refractivity (Wildman–Crippen MR) is 155 cm³/mol. The number of aryl methyl sites for hydroxylation is 2. The van der Waals surface area contributed by atoms with E-state index in [1.807, 2.05) is 12.1 Å². The molecule has 4 aromatic rings. The quantitative estimate of drug-likeness (QED) is 0.336. The molecule has 0 unspecified atom stereocenters. The maximum atomic E-state index is 12.6. The summed E-state index contributed by atoms with van der Waals surface area (Å²) in [6.45, 7) is 6.39. The summed E-state index contributed by atoms with van der Waals surface area (Å²) in [6.07, 6.45) is 6.06. The molecule has 6 rings (SSSR count). The van der Waals surface area contributed by atoms with Gasteiger partial charge in [0.15, 0.2) is 0 Å². The minimum Gasteiger partial charge on any atom is -0.363 e. The van der Waals surface area contributed by atoms with E-state index in [9.17, 15) is 16.8 Å². The highest BCUT2D eigenvalue weighted by atomic mass is 35.7. The van der Waals surface area contributed by atoms with Crippen molar-refractivity contribution in [3.63, 3.8) is 0 Å². The highest BCUT2D eigenvalue weighted by Gasteiger charge is 2.29. The van der Waals surface area contributed by atoms with Gasteiger partial charge in [0.1, 0.15) is 33.7 Å². The van der Waals surface area contributed by atoms with Crippen LogP contribution in [0.1, 0.15) is 33.6 Å². The summed E-state index contributed by atoms with van der Waals surface area (Å²) in [4.78, 5) is 0.0950. The lowest BCUT2D eigenvalue weighted by Crippen LogP contribution is -2.33. The monoisotopic (exact) mass is 620 g/mol. The molecule has 0 saturated heterocycles. The van der Waals surface area contributed by atoms with Crippen LogP contribution in [0.2, 0.25) is 0 Å². The molecule has 0 saturated carbocycles. The molecule has 0 atom stereocenters. The lowest BCUT2D eigenvalue weighted by atomic mass is 10.0. The molecule has 2 aromatic heterocycles. The van der Waals surface area contributed by atoms with E-state index in [0.717, 1.165) is 32.2 Å². The lowest BCUT2D eigenvalue weighted by molar-refractivity contribution is 0.410. The van der Waals surface area contributed by atoms with Crippen molar-refractivity contribution in [3.05, 3.63) is 94.7 Å². The standard InChI is InChI=1S/C14H16N2O3S.C10H13N.C4H4ClNO3S/c1-11-14(10-19-15-11)20(17,18)16-8-6-12-4-2-3-5-13(12)7-9-16;1-2-4-10-6-8-11-7-5-9(10)3-1;1-3-4(2-9-6-3)10(5,7)8/h2-5,10H,6-9H2,1H3;1-4,11H,5-8H2;2H,1H3. The molecule has 0 spiro atoms. The number of nitrogens with one attached hydrogen (secondary N) is 1. The maximum Gasteiger partial charge on any atom is 0.266 e. The van der Waals surface area contributed by atoms with Crippen molar-refractivity contribution in [1.29, 1.82) is 0 Å². The highest BCUT2D eigenvalue weighted by Crippen LogP contribution is 2.23. The van der Waals surface area contributed by atoms with Crippen LogP contribution in [0.3, 0.4) is 0 Å². The van der Waals surface area contributed by atoms with E-state index in [1.165, 1.54) is 52.6 Å². The summed E-state index contributed by atoms with van der Waals surface area (Å²) >= 11 is 0. The molecule has 0 amide bonds. The van der Waals surface area contributed by atoms with Gasteiger partial charge in [0.25, 0.3) is 9.05 Å². The van der Waals surface area contributed by atoms with Crippen LogP contribution in [-0.2, 0) is 44.8 Å². The molecule has 2 aliphatic heterocycles. The van der Waals surface area contributed by atoms with E-state index in [4.69, 9.17) is 15.2 Å². The van der Waals surface area contributed by atoms with Crippen LogP contribution in [0.15, 0.2) is 79.9 Å². The highest BCUT2D eigenvalue weighted by molar-refractivity contribution is 8.13. The number of rotatable bonds is 3. The lowest BCUT2D eigenvalue weighted by Gasteiger charge is -2.18. The first-order valence-corrected chi connectivity index (χ1v) is 16.9. The van der Waals surface area contributed by atoms with Gasteiger partial charge in [0.05, 0.1) is 0 Å². The fourth-order valence-corrected chi connectivity index (χ4v) is 7.20. The van der Waals surface area contributed by atoms with Crippen molar-refractivity contribution in [3.8, 4) is 0 Å². The Labute approximate surface area is 245 Å². The molecule has 0 fully saturated rings. The summed E-state index contributed by atoms with van der Waals surface area (Å²) in [7, 11) is -2.21. The summed E-state index contributed by atoms with van der Waals surface area (Å²) in [6, 6.07) is 16.9. The Morgan fingerprint density at radius 2 is 1.12 bits per heavy atom. The van der Waals surface area contributed by atoms with Crippen LogP contribution in [0.5, 0.6) is 0 Å². The largest absolute Gasteiger partial charge is 0.363 e. The van der Waals surface area contributed by atoms with Crippen LogP contribution in [0, 0.1) is 13.8 Å². The number of hydrogen-bond acceptors (Lipinski definition) is 9. The van der Waals surface area contributed by atoms with E-state index in [0.29, 0.717) is 18.8 Å². The SMILES string of the molecule is Cc1nocc1S(=O)(=O)Cl.Cc1nocc1S(=O)(=O)N1CCc2ccccc2CC1.c1ccc2c(c1)CCNCC2. The van der Waals surface area contributed by atoms with Gasteiger partial charge >= 0.3 is 0 Å². The zero-order valence-corrected chi connectivity index (χ0v) is 25.3. The molecule has 0 aliphatic carbocycles. The van der Waals surface area contributed by atoms with Gasteiger partial charge in [-0.25, -0.2) is 16.8 Å². The number of fused-ring (bicyclic) bond motifs is 2. The van der Waals surface area contributed by atoms with E-state index in [1.54, 1.807) is 6.92 Å². The van der Waals surface area contributed by atoms with Crippen LogP contribution in [-0.4, -0.2) is 57.6 Å². The normalized spacial score (nSPS) is 15.6. The summed E-state index contributed by atoms with van der Waals surface area (Å²) in [5, 5.41) is 10.4. The first-order valence-electron chi connectivity index (χ1n) is 13.2. The Morgan fingerprint density at radius 1 is 0.707 bits per heavy atom. The molecule has 4 heterocycles. The Morgan fingerprint density at radius 3 is 1.49 bits per heavy atom. The number of benzene rings is 2. The Balaban J connectivity index is 0.000000156. The van der Waals surface area contributed by atoms with E-state index in [2.05, 4.69) is 56.6 Å². The van der Waals surface area contributed by atoms with Gasteiger partial charge in [0, 0.05) is 23.8 Å². The average molecular weight is 621 g/mol. The molecule has 1 N–H and O–H groups in total. The second-order valence-electron chi connectivity index (χ2n) is 9.66. The van der Waals surface area contributed by atoms with Gasteiger partial charge < -0.3 is 14.4 Å². The zero-order chi connectivity index (χ0) is 29.5. The Kier molecular flexibility index (Phi) is 10.4. The summed E-state index contributed by atoms with van der Waals surface area (Å²) < 4.78 is 57.0. The van der Waals surface area contributed by atoms with Crippen molar-refractivity contribution >= 4 is 29.8 Å². The molecule has 2 aromatic carbocycles. The second kappa shape index (κ2) is 13.8. The fourth-order valence-electron chi connectivity index (χ4n) is 4.69. The van der Waals surface area contributed by atoms with Crippen LogP contribution in [0.4, 0.5) is 0 Å². The van der Waals surface area contributed by atoms with E-state index in [-0.39, 0.29) is 15.5 Å². The number of hydrogen-bond donors (Lipinski definition) is 1. The number of sulfonamides is 1. The third-order valence-corrected chi connectivity index (χ3v) is 10.3. The van der Waals surface area contributed by atoms with Gasteiger partial charge in [-0.2, -0.15) is 4.31 Å². The number of halogens is 1. The van der Waals surface area contributed by atoms with Crippen molar-refractivity contribution in [2.45, 2.75) is 49.3 Å². The van der Waals surface area contributed by atoms with Crippen LogP contribution in [0.25, 0.3) is 0 Å². The molecular formula is C28H33ClN4O6S2. The molecule has 0 radical (unpaired) electrons. The minimum atomic E-state index is -3.67. The van der Waals surface area contributed by atoms with E-state index < -0.39 is 19.1 Å². The van der Waals surface area contributed by atoms with Gasteiger partial charge in [-0.15, -0.1) is 0 Å². The molecular weight excluding hydrogens is 588 g/mol. The third-order valence-electron chi connectivity index (χ3n) is 6.93. The maximum absolute atomic E-state index is 12.6. The Bertz CT molecular complexity index is 1620. The first-order chi connectivity index (χ1) is 19.6. The Hall–Kier alpha value is -3.03. The van der Waals surface area contributed by atoms with Gasteiger partial charge in [-0.1, -0.05) is 58.8 Å². The number of nitrogens with zero attached hydrogens (tertiary/aromatic N) is 3. The minimum absolute atomic E-state index is 0.0748. The topological polar surface area (TPSA) is 136 Å². The summed E-state index contributed by atoms with van der Waals surface area (Å²) in [5.41, 5.74) is 6.19. The van der Waals surface area contributed by atoms with Gasteiger partial charge in [-0.05, 0) is 74.9 Å². The van der Waals surface area contributed by atoms with Crippen molar-refractivity contribution in [2.24, 2.45) is 0 Å². The smallest absolute Gasteiger partial charge is 0.266 e. The fraction of sp³-hybridized carbons (Fsp3) is 0.357. The number of aromatic nitrogens is 2. The molecule has 2 aliphatic rings. The van der Waals surface area contributed by atoms with Gasteiger partial charge in [-0.3, -0.25) is 0 Å². The van der Waals surface area contributed by atoms with Crippen molar-refractivity contribution in [2.75, 3.05) is 26.2 Å². The van der Waals surface area contributed by atoms with Crippen molar-refractivity contribution < 1.29 is 25.9 Å². The average Bonchev–Trinajstić information content (AvgIpc) is 3.42. The summed E-state index contributed by atoms with van der Waals surface area (Å²) in [5.74, 6) is 0. The molecule has 220 valence electrons. The van der Waals surface area contributed by atoms with Crippen LogP contribution < -0.4 is 5.32 Å². The molecule has 13 heteroatoms. The predicted octanol–water partition coefficient (Wildman–Crippen LogP) is 4.06. The van der Waals surface area contributed by atoms with Gasteiger partial charge in [0.2, 0.25) is 10.0 Å². The first kappa shape index (κ1) is 30.9. The third kappa shape index (κ3) is 8.04. The zero-order valence-electron chi connectivity index (χ0n) is 22.9. The molecule has 0 bridgehead atoms. The molecule has 10 nitrogen and oxygen atoms in total. The van der Waals surface area contributed by atoms with Crippen molar-refractivity contribution in [1.82, 2.24) is 19.9 Å². The van der Waals surface area contributed by atoms with E-state index >= 15 is 0 Å². The van der Waals surface area contributed by atoms with Crippen LogP contribution >= 0.6 is 10.7 Å². The second-order valence-corrected chi connectivity index (χ2v) is 14.1.